The summed E-state index contributed by atoms with van der Waals surface area (Å²) in [4.78, 5) is 17.7. The zero-order valence-electron chi connectivity index (χ0n) is 21.3. The Kier molecular flexibility index (Phi) is 9.66. The minimum absolute atomic E-state index is 0.173. The molecule has 210 valence electrons. The first kappa shape index (κ1) is 29.1. The molecule has 3 atom stereocenters. The highest BCUT2D eigenvalue weighted by molar-refractivity contribution is 7.99. The van der Waals surface area contributed by atoms with Gasteiger partial charge in [-0.1, -0.05) is 0 Å². The molecule has 0 radical (unpaired) electrons. The SMILES string of the molecule is COc1ccc2nccc([C@H](F)CC[C@@H]3CCN(CCCSc4c(F)cc(F)c(F)c4F)C[C@@H]3C(=O)O)c2c1. The lowest BCUT2D eigenvalue weighted by Gasteiger charge is -2.36. The van der Waals surface area contributed by atoms with Crippen molar-refractivity contribution >= 4 is 28.6 Å². The molecule has 3 aromatic rings. The molecule has 1 aromatic heterocycles. The van der Waals surface area contributed by atoms with E-state index in [1.807, 2.05) is 4.90 Å². The van der Waals surface area contributed by atoms with Gasteiger partial charge in [0.25, 0.3) is 0 Å². The van der Waals surface area contributed by atoms with Crippen molar-refractivity contribution in [3.63, 3.8) is 0 Å². The van der Waals surface area contributed by atoms with Gasteiger partial charge in [0.15, 0.2) is 17.5 Å². The maximum Gasteiger partial charge on any atom is 0.308 e. The Morgan fingerprint density at radius 1 is 1.18 bits per heavy atom. The number of carboxylic acids is 1. The number of rotatable bonds is 11. The average molecular weight is 569 g/mol. The molecule has 0 bridgehead atoms. The first-order valence-electron chi connectivity index (χ1n) is 12.7. The van der Waals surface area contributed by atoms with Crippen LogP contribution in [0, 0.1) is 35.1 Å². The van der Waals surface area contributed by atoms with E-state index in [-0.39, 0.29) is 24.6 Å². The Morgan fingerprint density at radius 2 is 1.97 bits per heavy atom. The van der Waals surface area contributed by atoms with Crippen LogP contribution in [0.5, 0.6) is 5.75 Å². The maximum absolute atomic E-state index is 15.4. The number of likely N-dealkylation sites (tertiary alicyclic amines) is 1. The van der Waals surface area contributed by atoms with Gasteiger partial charge in [-0.25, -0.2) is 22.0 Å². The maximum atomic E-state index is 15.4. The van der Waals surface area contributed by atoms with Crippen LogP contribution in [0.2, 0.25) is 0 Å². The second kappa shape index (κ2) is 13.0. The monoisotopic (exact) mass is 568 g/mol. The molecule has 0 amide bonds. The summed E-state index contributed by atoms with van der Waals surface area (Å²) in [5, 5.41) is 10.5. The largest absolute Gasteiger partial charge is 0.497 e. The fraction of sp³-hybridized carbons (Fsp3) is 0.429. The number of nitrogens with zero attached hydrogens (tertiary/aromatic N) is 2. The van der Waals surface area contributed by atoms with Crippen LogP contribution >= 0.6 is 11.8 Å². The number of aromatic nitrogens is 1. The molecule has 4 rings (SSSR count). The van der Waals surface area contributed by atoms with Gasteiger partial charge < -0.3 is 14.7 Å². The molecule has 0 saturated carbocycles. The summed E-state index contributed by atoms with van der Waals surface area (Å²) >= 11 is 0.751. The van der Waals surface area contributed by atoms with E-state index in [9.17, 15) is 27.5 Å². The van der Waals surface area contributed by atoms with E-state index >= 15 is 4.39 Å². The molecule has 2 aromatic carbocycles. The normalized spacial score (nSPS) is 18.8. The Morgan fingerprint density at radius 3 is 2.72 bits per heavy atom. The van der Waals surface area contributed by atoms with Crippen molar-refractivity contribution in [3.8, 4) is 5.75 Å². The van der Waals surface area contributed by atoms with Gasteiger partial charge >= 0.3 is 5.97 Å². The van der Waals surface area contributed by atoms with Crippen molar-refractivity contribution in [3.05, 3.63) is 65.4 Å². The molecule has 5 nitrogen and oxygen atoms in total. The molecular weight excluding hydrogens is 539 g/mol. The Labute approximate surface area is 227 Å². The Bertz CT molecular complexity index is 1330. The fourth-order valence-corrected chi connectivity index (χ4v) is 5.99. The molecule has 0 spiro atoms. The third-order valence-corrected chi connectivity index (χ3v) is 8.36. The van der Waals surface area contributed by atoms with Gasteiger partial charge in [-0.3, -0.25) is 9.78 Å². The van der Waals surface area contributed by atoms with Crippen molar-refractivity contribution in [1.82, 2.24) is 9.88 Å². The Hall–Kier alpha value is -2.92. The molecule has 39 heavy (non-hydrogen) atoms. The first-order chi connectivity index (χ1) is 18.7. The van der Waals surface area contributed by atoms with E-state index in [2.05, 4.69) is 4.98 Å². The number of fused-ring (bicyclic) bond motifs is 1. The van der Waals surface area contributed by atoms with Crippen molar-refractivity contribution in [2.24, 2.45) is 11.8 Å². The van der Waals surface area contributed by atoms with Gasteiger partial charge in [0.2, 0.25) is 0 Å². The van der Waals surface area contributed by atoms with Crippen LogP contribution in [-0.2, 0) is 4.79 Å². The van der Waals surface area contributed by atoms with Crippen LogP contribution in [0.3, 0.4) is 0 Å². The van der Waals surface area contributed by atoms with E-state index in [0.29, 0.717) is 60.6 Å². The molecule has 11 heteroatoms. The number of methoxy groups -OCH3 is 1. The second-order valence-corrected chi connectivity index (χ2v) is 10.7. The summed E-state index contributed by atoms with van der Waals surface area (Å²) < 4.78 is 74.8. The number of aliphatic carboxylic acids is 1. The number of carbonyl (C=O) groups is 1. The number of ether oxygens (including phenoxy) is 1. The van der Waals surface area contributed by atoms with Gasteiger partial charge in [-0.05, 0) is 80.3 Å². The average Bonchev–Trinajstić information content (AvgIpc) is 2.93. The molecule has 1 saturated heterocycles. The zero-order valence-corrected chi connectivity index (χ0v) is 22.1. The van der Waals surface area contributed by atoms with Gasteiger partial charge in [-0.15, -0.1) is 11.8 Å². The fourth-order valence-electron chi connectivity index (χ4n) is 5.10. The number of alkyl halides is 1. The van der Waals surface area contributed by atoms with Gasteiger partial charge in [0.1, 0.15) is 17.7 Å². The van der Waals surface area contributed by atoms with Gasteiger partial charge in [-0.2, -0.15) is 0 Å². The van der Waals surface area contributed by atoms with Crippen LogP contribution in [0.4, 0.5) is 22.0 Å². The predicted octanol–water partition coefficient (Wildman–Crippen LogP) is 6.80. The van der Waals surface area contributed by atoms with E-state index in [1.54, 1.807) is 30.5 Å². The third kappa shape index (κ3) is 6.81. The van der Waals surface area contributed by atoms with E-state index in [1.165, 1.54) is 7.11 Å². The molecule has 2 heterocycles. The standard InChI is InChI=1S/C28H29F5N2O3S/c1-38-17-4-6-24-19(13-17)18(7-9-34-24)21(29)5-3-16-8-11-35(15-20(16)28(36)37)10-2-12-39-27-23(31)14-22(30)25(32)26(27)33/h4,6-7,9,13-14,16,20-21H,2-3,5,8,10-12,15H2,1H3,(H,36,37)/t16-,20+,21-/m1/s1. The second-order valence-electron chi connectivity index (χ2n) is 9.62. The lowest BCUT2D eigenvalue weighted by Crippen LogP contribution is -2.44. The molecule has 0 unspecified atom stereocenters. The summed E-state index contributed by atoms with van der Waals surface area (Å²) in [5.41, 5.74) is 1.15. The number of halogens is 5. The molecular formula is C28H29F5N2O3S. The summed E-state index contributed by atoms with van der Waals surface area (Å²) in [6.07, 6.45) is 1.89. The smallest absolute Gasteiger partial charge is 0.308 e. The minimum Gasteiger partial charge on any atom is -0.497 e. The van der Waals surface area contributed by atoms with Crippen LogP contribution in [0.1, 0.15) is 37.4 Å². The molecule has 1 aliphatic rings. The van der Waals surface area contributed by atoms with Gasteiger partial charge in [0.05, 0.1) is 23.4 Å². The molecule has 0 aliphatic carbocycles. The van der Waals surface area contributed by atoms with Crippen molar-refractivity contribution in [2.75, 3.05) is 32.5 Å². The van der Waals surface area contributed by atoms with E-state index in [0.717, 1.165) is 11.8 Å². The number of hydrogen-bond donors (Lipinski definition) is 1. The number of thioether (sulfide) groups is 1. The number of pyridine rings is 1. The highest BCUT2D eigenvalue weighted by Crippen LogP contribution is 2.36. The topological polar surface area (TPSA) is 62.7 Å². The van der Waals surface area contributed by atoms with E-state index < -0.39 is 46.2 Å². The lowest BCUT2D eigenvalue weighted by atomic mass is 9.81. The van der Waals surface area contributed by atoms with Crippen molar-refractivity contribution in [1.29, 1.82) is 0 Å². The van der Waals surface area contributed by atoms with Crippen LogP contribution in [-0.4, -0.2) is 53.5 Å². The van der Waals surface area contributed by atoms with E-state index in [4.69, 9.17) is 4.74 Å². The molecule has 1 N–H and O–H groups in total. The number of hydrogen-bond acceptors (Lipinski definition) is 5. The van der Waals surface area contributed by atoms with Crippen LogP contribution in [0.25, 0.3) is 10.9 Å². The number of piperidine rings is 1. The summed E-state index contributed by atoms with van der Waals surface area (Å²) in [5.74, 6) is -6.97. The summed E-state index contributed by atoms with van der Waals surface area (Å²) in [7, 11) is 1.54. The Balaban J connectivity index is 1.30. The highest BCUT2D eigenvalue weighted by Gasteiger charge is 2.34. The van der Waals surface area contributed by atoms with Crippen molar-refractivity contribution < 1.29 is 36.6 Å². The third-order valence-electron chi connectivity index (χ3n) is 7.21. The predicted molar refractivity (Wildman–Crippen MR) is 139 cm³/mol. The lowest BCUT2D eigenvalue weighted by molar-refractivity contribution is -0.146. The summed E-state index contributed by atoms with van der Waals surface area (Å²) in [6.45, 7) is 1.37. The first-order valence-corrected chi connectivity index (χ1v) is 13.7. The number of carboxylic acid groups (broad SMARTS) is 1. The van der Waals surface area contributed by atoms with Gasteiger partial charge in [0, 0.05) is 24.2 Å². The zero-order chi connectivity index (χ0) is 28.1. The van der Waals surface area contributed by atoms with Crippen LogP contribution in [0.15, 0.2) is 41.4 Å². The minimum atomic E-state index is -1.71. The molecule has 1 aliphatic heterocycles. The highest BCUT2D eigenvalue weighted by atomic mass is 32.2. The quantitative estimate of drug-likeness (QED) is 0.0903. The summed E-state index contributed by atoms with van der Waals surface area (Å²) in [6, 6.07) is 7.23. The molecule has 1 fully saturated rings. The number of benzene rings is 2. The van der Waals surface area contributed by atoms with Crippen LogP contribution < -0.4 is 4.74 Å². The van der Waals surface area contributed by atoms with Crippen molar-refractivity contribution in [2.45, 2.75) is 36.8 Å².